The lowest BCUT2D eigenvalue weighted by Gasteiger charge is -2.08. The third-order valence-corrected chi connectivity index (χ3v) is 2.72. The van der Waals surface area contributed by atoms with Crippen LogP contribution in [-0.4, -0.2) is 25.7 Å². The van der Waals surface area contributed by atoms with Gasteiger partial charge in [0.05, 0.1) is 13.3 Å². The minimum atomic E-state index is -0.0150. The monoisotopic (exact) mass is 300 g/mol. The van der Waals surface area contributed by atoms with Gasteiger partial charge in [-0.2, -0.15) is 0 Å². The van der Waals surface area contributed by atoms with Crippen molar-refractivity contribution in [2.45, 2.75) is 33.1 Å². The Morgan fingerprint density at radius 2 is 2.15 bits per heavy atom. The normalized spacial score (nSPS) is 9.70. The summed E-state index contributed by atoms with van der Waals surface area (Å²) in [6, 6.07) is 8.18. The minimum absolute atomic E-state index is 0. The van der Waals surface area contributed by atoms with Gasteiger partial charge in [-0.15, -0.1) is 12.4 Å². The van der Waals surface area contributed by atoms with Gasteiger partial charge < -0.3 is 10.1 Å². The van der Waals surface area contributed by atoms with Crippen molar-refractivity contribution in [3.05, 3.63) is 29.8 Å². The van der Waals surface area contributed by atoms with Crippen molar-refractivity contribution in [1.29, 1.82) is 0 Å². The summed E-state index contributed by atoms with van der Waals surface area (Å²) in [6.07, 6.45) is 3.15. The molecule has 0 saturated carbocycles. The highest BCUT2D eigenvalue weighted by Gasteiger charge is 1.97. The summed E-state index contributed by atoms with van der Waals surface area (Å²) >= 11 is 0. The van der Waals surface area contributed by atoms with Crippen LogP contribution in [0.2, 0.25) is 0 Å². The van der Waals surface area contributed by atoms with Crippen molar-refractivity contribution < 1.29 is 9.53 Å². The highest BCUT2D eigenvalue weighted by molar-refractivity contribution is 5.85. The van der Waals surface area contributed by atoms with E-state index >= 15 is 0 Å². The molecular weight excluding hydrogens is 276 g/mol. The average Bonchev–Trinajstić information content (AvgIpc) is 2.39. The summed E-state index contributed by atoms with van der Waals surface area (Å²) < 4.78 is 5.67. The fraction of sp³-hybridized carbons (Fsp3) is 0.533. The Labute approximate surface area is 127 Å². The Balaban J connectivity index is 0.00000361. The van der Waals surface area contributed by atoms with E-state index in [-0.39, 0.29) is 18.3 Å². The molecule has 2 N–H and O–H groups in total. The molecule has 114 valence electrons. The van der Waals surface area contributed by atoms with Gasteiger partial charge in [0.15, 0.2) is 0 Å². The number of halogens is 1. The summed E-state index contributed by atoms with van der Waals surface area (Å²) in [7, 11) is 0. The van der Waals surface area contributed by atoms with E-state index in [0.717, 1.165) is 38.2 Å². The molecule has 1 amide bonds. The van der Waals surface area contributed by atoms with Crippen LogP contribution in [0.1, 0.15) is 32.3 Å². The molecule has 0 bridgehead atoms. The van der Waals surface area contributed by atoms with E-state index in [2.05, 4.69) is 29.7 Å². The van der Waals surface area contributed by atoms with Gasteiger partial charge in [0.2, 0.25) is 5.91 Å². The van der Waals surface area contributed by atoms with Crippen molar-refractivity contribution in [1.82, 2.24) is 10.6 Å². The van der Waals surface area contributed by atoms with Gasteiger partial charge in [0, 0.05) is 13.5 Å². The molecule has 0 saturated heterocycles. The topological polar surface area (TPSA) is 50.4 Å². The van der Waals surface area contributed by atoms with Crippen LogP contribution in [0.5, 0.6) is 5.75 Å². The fourth-order valence-corrected chi connectivity index (χ4v) is 1.63. The maximum atomic E-state index is 10.7. The first-order valence-electron chi connectivity index (χ1n) is 6.89. The molecule has 0 aliphatic heterocycles. The Kier molecular flexibility index (Phi) is 10.8. The molecule has 4 nitrogen and oxygen atoms in total. The molecule has 0 fully saturated rings. The first-order valence-corrected chi connectivity index (χ1v) is 6.89. The second-order valence-corrected chi connectivity index (χ2v) is 4.51. The quantitative estimate of drug-likeness (QED) is 0.544. The second-order valence-electron chi connectivity index (χ2n) is 4.51. The number of amides is 1. The van der Waals surface area contributed by atoms with Crippen LogP contribution in [0, 0.1) is 0 Å². The zero-order chi connectivity index (χ0) is 13.9. The summed E-state index contributed by atoms with van der Waals surface area (Å²) in [4.78, 5) is 10.7. The number of unbranched alkanes of at least 4 members (excludes halogenated alkanes) is 1. The lowest BCUT2D eigenvalue weighted by Crippen LogP contribution is -2.33. The number of carbonyl (C=O) groups is 1. The van der Waals surface area contributed by atoms with Gasteiger partial charge in [0.25, 0.3) is 0 Å². The van der Waals surface area contributed by atoms with Crippen LogP contribution >= 0.6 is 12.4 Å². The second kappa shape index (κ2) is 11.6. The van der Waals surface area contributed by atoms with E-state index in [1.54, 1.807) is 0 Å². The molecule has 20 heavy (non-hydrogen) atoms. The molecule has 0 spiro atoms. The van der Waals surface area contributed by atoms with Crippen LogP contribution < -0.4 is 15.4 Å². The largest absolute Gasteiger partial charge is 0.494 e. The molecule has 0 atom stereocenters. The molecule has 0 aromatic heterocycles. The summed E-state index contributed by atoms with van der Waals surface area (Å²) in [5.41, 5.74) is 1.24. The number of benzene rings is 1. The van der Waals surface area contributed by atoms with E-state index in [1.165, 1.54) is 12.5 Å². The number of ether oxygens (including phenoxy) is 1. The predicted octanol–water partition coefficient (Wildman–Crippen LogP) is 2.51. The lowest BCUT2D eigenvalue weighted by molar-refractivity contribution is -0.119. The van der Waals surface area contributed by atoms with Crippen LogP contribution in [0.4, 0.5) is 0 Å². The van der Waals surface area contributed by atoms with Gasteiger partial charge in [-0.1, -0.05) is 25.5 Å². The van der Waals surface area contributed by atoms with E-state index < -0.39 is 0 Å². The van der Waals surface area contributed by atoms with E-state index in [9.17, 15) is 4.79 Å². The van der Waals surface area contributed by atoms with Crippen LogP contribution in [0.15, 0.2) is 24.3 Å². The van der Waals surface area contributed by atoms with Crippen molar-refractivity contribution in [2.24, 2.45) is 0 Å². The van der Waals surface area contributed by atoms with Gasteiger partial charge >= 0.3 is 0 Å². The lowest BCUT2D eigenvalue weighted by atomic mass is 10.1. The first-order chi connectivity index (χ1) is 9.22. The fourth-order valence-electron chi connectivity index (χ4n) is 1.63. The molecular formula is C15H25ClN2O2. The van der Waals surface area contributed by atoms with Crippen LogP contribution in [-0.2, 0) is 11.2 Å². The van der Waals surface area contributed by atoms with Gasteiger partial charge in [-0.3, -0.25) is 10.1 Å². The van der Waals surface area contributed by atoms with Crippen molar-refractivity contribution in [3.63, 3.8) is 0 Å². The highest BCUT2D eigenvalue weighted by atomic mass is 35.5. The smallest absolute Gasteiger partial charge is 0.217 e. The molecule has 0 unspecified atom stereocenters. The number of hydrogen-bond acceptors (Lipinski definition) is 3. The summed E-state index contributed by atoms with van der Waals surface area (Å²) in [6.45, 7) is 5.79. The molecule has 0 heterocycles. The summed E-state index contributed by atoms with van der Waals surface area (Å²) in [5, 5.41) is 5.87. The van der Waals surface area contributed by atoms with Crippen molar-refractivity contribution in [2.75, 3.05) is 19.8 Å². The Morgan fingerprint density at radius 3 is 2.85 bits per heavy atom. The molecule has 1 aromatic carbocycles. The Hall–Kier alpha value is -1.26. The molecule has 0 radical (unpaired) electrons. The third-order valence-electron chi connectivity index (χ3n) is 2.72. The number of carbonyl (C=O) groups excluding carboxylic acids is 1. The first kappa shape index (κ1) is 18.7. The zero-order valence-electron chi connectivity index (χ0n) is 12.3. The van der Waals surface area contributed by atoms with Crippen molar-refractivity contribution in [3.8, 4) is 5.75 Å². The number of nitrogens with one attached hydrogen (secondary N) is 2. The maximum absolute atomic E-state index is 10.7. The van der Waals surface area contributed by atoms with Gasteiger partial charge in [-0.05, 0) is 30.5 Å². The van der Waals surface area contributed by atoms with E-state index in [0.29, 0.717) is 6.67 Å². The Bertz CT molecular complexity index is 386. The molecule has 1 aromatic rings. The SMILES string of the molecule is CCCCOc1cccc(CCNCNC(C)=O)c1.Cl. The van der Waals surface area contributed by atoms with Gasteiger partial charge in [0.1, 0.15) is 5.75 Å². The third kappa shape index (κ3) is 8.77. The molecule has 0 aliphatic rings. The number of rotatable bonds is 9. The average molecular weight is 301 g/mol. The highest BCUT2D eigenvalue weighted by Crippen LogP contribution is 2.14. The standard InChI is InChI=1S/C15H24N2O2.ClH/c1-3-4-10-19-15-7-5-6-14(11-15)8-9-16-12-17-13(2)18;/h5-7,11,16H,3-4,8-10,12H2,1-2H3,(H,17,18);1H. The minimum Gasteiger partial charge on any atom is -0.494 e. The van der Waals surface area contributed by atoms with E-state index in [4.69, 9.17) is 4.74 Å². The Morgan fingerprint density at radius 1 is 1.35 bits per heavy atom. The molecule has 1 rings (SSSR count). The number of hydrogen-bond donors (Lipinski definition) is 2. The van der Waals surface area contributed by atoms with Crippen LogP contribution in [0.25, 0.3) is 0 Å². The van der Waals surface area contributed by atoms with E-state index in [1.807, 2.05) is 12.1 Å². The summed E-state index contributed by atoms with van der Waals surface area (Å²) in [5.74, 6) is 0.923. The maximum Gasteiger partial charge on any atom is 0.217 e. The van der Waals surface area contributed by atoms with Gasteiger partial charge in [-0.25, -0.2) is 0 Å². The molecule has 5 heteroatoms. The van der Waals surface area contributed by atoms with Crippen molar-refractivity contribution >= 4 is 18.3 Å². The van der Waals surface area contributed by atoms with Crippen LogP contribution in [0.3, 0.4) is 0 Å². The zero-order valence-corrected chi connectivity index (χ0v) is 13.1. The molecule has 0 aliphatic carbocycles. The predicted molar refractivity (Wildman–Crippen MR) is 84.5 cm³/mol.